The highest BCUT2D eigenvalue weighted by Crippen LogP contribution is 2.30. The van der Waals surface area contributed by atoms with Gasteiger partial charge >= 0.3 is 0 Å². The highest BCUT2D eigenvalue weighted by atomic mass is 35.5. The summed E-state index contributed by atoms with van der Waals surface area (Å²) in [5, 5.41) is 0.327. The van der Waals surface area contributed by atoms with Gasteiger partial charge in [-0.1, -0.05) is 35.3 Å². The molecule has 3 N–H and O–H groups in total. The van der Waals surface area contributed by atoms with Crippen LogP contribution in [0.2, 0.25) is 10.0 Å². The number of hydrazine groups is 1. The predicted molar refractivity (Wildman–Crippen MR) is 123 cm³/mol. The first-order chi connectivity index (χ1) is 15.2. The van der Waals surface area contributed by atoms with E-state index in [0.29, 0.717) is 17.4 Å². The number of amides is 1. The van der Waals surface area contributed by atoms with Crippen molar-refractivity contribution in [1.82, 2.24) is 19.7 Å². The Bertz CT molecular complexity index is 1390. The average Bonchev–Trinajstić information content (AvgIpc) is 3.55. The first-order valence-electron chi connectivity index (χ1n) is 9.78. The molecule has 12 heteroatoms. The molecular formula is C20H19Cl2N5O4S. The molecule has 0 spiro atoms. The third kappa shape index (κ3) is 4.44. The van der Waals surface area contributed by atoms with Crippen LogP contribution in [0.3, 0.4) is 0 Å². The summed E-state index contributed by atoms with van der Waals surface area (Å²) in [6.45, 7) is 2.08. The molecule has 1 fully saturated rings. The zero-order valence-corrected chi connectivity index (χ0v) is 19.2. The van der Waals surface area contributed by atoms with E-state index in [1.54, 1.807) is 31.2 Å². The largest absolute Gasteiger partial charge is 0.277 e. The number of carbonyl (C=O) groups excluding carboxylic acids is 1. The smallest absolute Gasteiger partial charge is 0.271 e. The van der Waals surface area contributed by atoms with E-state index in [4.69, 9.17) is 23.2 Å². The molecule has 1 amide bonds. The Morgan fingerprint density at radius 1 is 1.19 bits per heavy atom. The fraction of sp³-hybridized carbons (Fsp3) is 0.250. The minimum atomic E-state index is -3.91. The Balaban J connectivity index is 1.62. The van der Waals surface area contributed by atoms with E-state index < -0.39 is 15.9 Å². The van der Waals surface area contributed by atoms with Crippen molar-refractivity contribution in [3.05, 3.63) is 62.4 Å². The fourth-order valence-corrected chi connectivity index (χ4v) is 5.29. The standard InChI is InChI=1S/C20H19Cl2N5O4S/c1-2-27-19(29)12-5-3-4-6-16(12)23-20(27)25-24-18(28)13-9-17(15(22)10-14(13)21)32(30,31)26-11-7-8-11/h3-6,9-11,26H,2,7-8H2,1H3,(H,23,25)(H,24,28). The van der Waals surface area contributed by atoms with Crippen molar-refractivity contribution in [3.8, 4) is 0 Å². The minimum Gasteiger partial charge on any atom is -0.277 e. The summed E-state index contributed by atoms with van der Waals surface area (Å²) in [5.74, 6) is -0.600. The molecule has 2 aromatic carbocycles. The van der Waals surface area contributed by atoms with E-state index in [-0.39, 0.29) is 38.1 Å². The van der Waals surface area contributed by atoms with Gasteiger partial charge in [0, 0.05) is 12.6 Å². The number of para-hydroxylation sites is 1. The monoisotopic (exact) mass is 495 g/mol. The first-order valence-corrected chi connectivity index (χ1v) is 12.0. The Labute approximate surface area is 193 Å². The molecule has 168 valence electrons. The molecule has 1 aliphatic rings. The first kappa shape index (κ1) is 22.5. The molecule has 0 aliphatic heterocycles. The number of benzene rings is 2. The number of fused-ring (bicyclic) bond motifs is 1. The summed E-state index contributed by atoms with van der Waals surface area (Å²) >= 11 is 12.2. The van der Waals surface area contributed by atoms with Crippen LogP contribution < -0.4 is 21.1 Å². The van der Waals surface area contributed by atoms with Crippen molar-refractivity contribution in [2.45, 2.75) is 37.2 Å². The van der Waals surface area contributed by atoms with Gasteiger partial charge in [-0.3, -0.25) is 25.0 Å². The molecule has 1 saturated carbocycles. The van der Waals surface area contributed by atoms with E-state index in [1.807, 2.05) is 0 Å². The van der Waals surface area contributed by atoms with Gasteiger partial charge in [0.2, 0.25) is 16.0 Å². The predicted octanol–water partition coefficient (Wildman–Crippen LogP) is 2.92. The van der Waals surface area contributed by atoms with Gasteiger partial charge in [-0.05, 0) is 44.0 Å². The lowest BCUT2D eigenvalue weighted by molar-refractivity contribution is 0.0962. The maximum absolute atomic E-state index is 12.8. The summed E-state index contributed by atoms with van der Waals surface area (Å²) < 4.78 is 29.0. The number of nitrogens with zero attached hydrogens (tertiary/aromatic N) is 2. The summed E-state index contributed by atoms with van der Waals surface area (Å²) in [6, 6.07) is 9.04. The topological polar surface area (TPSA) is 122 Å². The maximum atomic E-state index is 12.8. The van der Waals surface area contributed by atoms with Crippen molar-refractivity contribution in [1.29, 1.82) is 0 Å². The van der Waals surface area contributed by atoms with E-state index in [2.05, 4.69) is 20.6 Å². The van der Waals surface area contributed by atoms with E-state index in [9.17, 15) is 18.0 Å². The molecular weight excluding hydrogens is 477 g/mol. The van der Waals surface area contributed by atoms with Gasteiger partial charge in [-0.2, -0.15) is 0 Å². The van der Waals surface area contributed by atoms with E-state index in [1.165, 1.54) is 10.6 Å². The molecule has 1 aromatic heterocycles. The molecule has 0 radical (unpaired) electrons. The molecule has 32 heavy (non-hydrogen) atoms. The third-order valence-electron chi connectivity index (χ3n) is 4.92. The van der Waals surface area contributed by atoms with Crippen molar-refractivity contribution in [3.63, 3.8) is 0 Å². The van der Waals surface area contributed by atoms with Crippen LogP contribution in [0.15, 0.2) is 46.1 Å². The second kappa shape index (κ2) is 8.70. The van der Waals surface area contributed by atoms with Crippen molar-refractivity contribution >= 4 is 56.0 Å². The fourth-order valence-electron chi connectivity index (χ4n) is 3.13. The third-order valence-corrected chi connectivity index (χ3v) is 7.22. The number of hydrogen-bond acceptors (Lipinski definition) is 6. The Morgan fingerprint density at radius 2 is 1.91 bits per heavy atom. The van der Waals surface area contributed by atoms with Gasteiger partial charge in [0.1, 0.15) is 4.90 Å². The normalized spacial score (nSPS) is 13.8. The zero-order chi connectivity index (χ0) is 23.0. The average molecular weight is 496 g/mol. The number of halogens is 2. The molecule has 0 atom stereocenters. The molecule has 4 rings (SSSR count). The highest BCUT2D eigenvalue weighted by Gasteiger charge is 2.30. The lowest BCUT2D eigenvalue weighted by Crippen LogP contribution is -2.34. The van der Waals surface area contributed by atoms with Crippen LogP contribution in [0.4, 0.5) is 5.95 Å². The summed E-state index contributed by atoms with van der Waals surface area (Å²) in [6.07, 6.45) is 1.50. The van der Waals surface area contributed by atoms with Crippen LogP contribution in [0.25, 0.3) is 10.9 Å². The number of anilines is 1. The quantitative estimate of drug-likeness (QED) is 0.433. The second-order valence-corrected chi connectivity index (χ2v) is 9.74. The number of aromatic nitrogens is 2. The maximum Gasteiger partial charge on any atom is 0.271 e. The summed E-state index contributed by atoms with van der Waals surface area (Å²) in [4.78, 5) is 29.6. The van der Waals surface area contributed by atoms with Crippen LogP contribution >= 0.6 is 23.2 Å². The summed E-state index contributed by atoms with van der Waals surface area (Å²) in [5.41, 5.74) is 5.14. The molecule has 9 nitrogen and oxygen atoms in total. The summed E-state index contributed by atoms with van der Waals surface area (Å²) in [7, 11) is -3.91. The van der Waals surface area contributed by atoms with Crippen LogP contribution in [0, 0.1) is 0 Å². The van der Waals surface area contributed by atoms with Crippen LogP contribution in [-0.2, 0) is 16.6 Å². The second-order valence-electron chi connectivity index (χ2n) is 7.24. The van der Waals surface area contributed by atoms with Crippen molar-refractivity contribution < 1.29 is 13.2 Å². The molecule has 3 aromatic rings. The lowest BCUT2D eigenvalue weighted by atomic mass is 10.2. The number of rotatable bonds is 7. The Hall–Kier alpha value is -2.66. The number of hydrogen-bond donors (Lipinski definition) is 3. The molecule has 0 saturated heterocycles. The van der Waals surface area contributed by atoms with Crippen molar-refractivity contribution in [2.24, 2.45) is 0 Å². The van der Waals surface area contributed by atoms with Crippen LogP contribution in [-0.4, -0.2) is 29.9 Å². The highest BCUT2D eigenvalue weighted by molar-refractivity contribution is 7.89. The number of carbonyl (C=O) groups is 1. The zero-order valence-electron chi connectivity index (χ0n) is 16.9. The number of nitrogens with one attached hydrogen (secondary N) is 3. The van der Waals surface area contributed by atoms with E-state index in [0.717, 1.165) is 18.9 Å². The molecule has 0 bridgehead atoms. The SMILES string of the molecule is CCn1c(NNC(=O)c2cc(S(=O)(=O)NC3CC3)c(Cl)cc2Cl)nc2ccccc2c1=O. The molecule has 1 heterocycles. The Morgan fingerprint density at radius 3 is 2.59 bits per heavy atom. The molecule has 1 aliphatic carbocycles. The van der Waals surface area contributed by atoms with Gasteiger partial charge in [-0.25, -0.2) is 18.1 Å². The Kier molecular flexibility index (Phi) is 6.13. The minimum absolute atomic E-state index is 0.0287. The molecule has 0 unspecified atom stereocenters. The van der Waals surface area contributed by atoms with Crippen LogP contribution in [0.1, 0.15) is 30.1 Å². The van der Waals surface area contributed by atoms with E-state index >= 15 is 0 Å². The number of sulfonamides is 1. The van der Waals surface area contributed by atoms with Gasteiger partial charge in [0.05, 0.1) is 26.5 Å². The van der Waals surface area contributed by atoms with Gasteiger partial charge < -0.3 is 0 Å². The van der Waals surface area contributed by atoms with Crippen molar-refractivity contribution in [2.75, 3.05) is 5.43 Å². The van der Waals surface area contributed by atoms with Gasteiger partial charge in [0.25, 0.3) is 11.5 Å². The van der Waals surface area contributed by atoms with Gasteiger partial charge in [0.15, 0.2) is 0 Å². The van der Waals surface area contributed by atoms with Crippen LogP contribution in [0.5, 0.6) is 0 Å². The lowest BCUT2D eigenvalue weighted by Gasteiger charge is -2.15. The van der Waals surface area contributed by atoms with Gasteiger partial charge in [-0.15, -0.1) is 0 Å².